The summed E-state index contributed by atoms with van der Waals surface area (Å²) in [5.41, 5.74) is 0.140. The second-order valence-corrected chi connectivity index (χ2v) is 3.86. The summed E-state index contributed by atoms with van der Waals surface area (Å²) >= 11 is 0. The van der Waals surface area contributed by atoms with Gasteiger partial charge in [-0.2, -0.15) is 0 Å². The number of aliphatic hydroxyl groups excluding tert-OH is 1. The van der Waals surface area contributed by atoms with Crippen molar-refractivity contribution in [1.82, 2.24) is 0 Å². The first-order valence-corrected chi connectivity index (χ1v) is 5.48. The van der Waals surface area contributed by atoms with Crippen LogP contribution in [0.2, 0.25) is 0 Å². The van der Waals surface area contributed by atoms with Crippen LogP contribution in [0.25, 0.3) is 0 Å². The van der Waals surface area contributed by atoms with Crippen LogP contribution < -0.4 is 9.47 Å². The Labute approximate surface area is 98.6 Å². The number of rotatable bonds is 6. The average molecular weight is 238 g/mol. The zero-order valence-corrected chi connectivity index (χ0v) is 9.26. The summed E-state index contributed by atoms with van der Waals surface area (Å²) in [6.07, 6.45) is 2.24. The fourth-order valence-corrected chi connectivity index (χ4v) is 1.37. The highest BCUT2D eigenvalue weighted by atomic mass is 16.5. The minimum atomic E-state index is -1.02. The van der Waals surface area contributed by atoms with Crippen molar-refractivity contribution in [1.29, 1.82) is 0 Å². The Hall–Kier alpha value is -1.75. The Morgan fingerprint density at radius 3 is 2.71 bits per heavy atom. The molecule has 0 radical (unpaired) electrons. The van der Waals surface area contributed by atoms with Crippen molar-refractivity contribution in [2.45, 2.75) is 18.9 Å². The lowest BCUT2D eigenvalue weighted by atomic mass is 10.2. The van der Waals surface area contributed by atoms with Crippen LogP contribution in [0.4, 0.5) is 0 Å². The number of benzene rings is 1. The minimum absolute atomic E-state index is 0.115. The number of ether oxygens (including phenoxy) is 2. The molecule has 0 atom stereocenters. The van der Waals surface area contributed by atoms with Gasteiger partial charge in [0.15, 0.2) is 11.5 Å². The molecule has 1 aromatic rings. The van der Waals surface area contributed by atoms with Crippen LogP contribution >= 0.6 is 0 Å². The van der Waals surface area contributed by atoms with E-state index in [1.54, 1.807) is 6.07 Å². The molecule has 92 valence electrons. The van der Waals surface area contributed by atoms with E-state index in [0.29, 0.717) is 11.5 Å². The van der Waals surface area contributed by atoms with E-state index in [1.165, 1.54) is 12.1 Å². The Morgan fingerprint density at radius 1 is 1.35 bits per heavy atom. The van der Waals surface area contributed by atoms with Crippen molar-refractivity contribution < 1.29 is 24.5 Å². The van der Waals surface area contributed by atoms with E-state index >= 15 is 0 Å². The van der Waals surface area contributed by atoms with Crippen LogP contribution in [0.15, 0.2) is 18.2 Å². The summed E-state index contributed by atoms with van der Waals surface area (Å²) < 4.78 is 10.9. The second-order valence-electron chi connectivity index (χ2n) is 3.86. The molecule has 0 amide bonds. The van der Waals surface area contributed by atoms with Gasteiger partial charge in [0.2, 0.25) is 0 Å². The summed E-state index contributed by atoms with van der Waals surface area (Å²) in [6.45, 7) is -0.00966. The van der Waals surface area contributed by atoms with Crippen molar-refractivity contribution in [2.75, 3.05) is 13.2 Å². The summed E-state index contributed by atoms with van der Waals surface area (Å²) in [6, 6.07) is 4.48. The molecule has 1 aromatic carbocycles. The van der Waals surface area contributed by atoms with Crippen LogP contribution in [-0.4, -0.2) is 35.5 Å². The van der Waals surface area contributed by atoms with Gasteiger partial charge in [-0.1, -0.05) is 0 Å². The highest BCUT2D eigenvalue weighted by molar-refractivity contribution is 5.88. The molecule has 17 heavy (non-hydrogen) atoms. The van der Waals surface area contributed by atoms with E-state index in [4.69, 9.17) is 19.7 Å². The zero-order chi connectivity index (χ0) is 12.3. The van der Waals surface area contributed by atoms with Crippen molar-refractivity contribution in [3.63, 3.8) is 0 Å². The molecule has 0 bridgehead atoms. The van der Waals surface area contributed by atoms with Gasteiger partial charge in [0, 0.05) is 0 Å². The Kier molecular flexibility index (Phi) is 3.49. The molecular weight excluding hydrogens is 224 g/mol. The smallest absolute Gasteiger partial charge is 0.335 e. The van der Waals surface area contributed by atoms with Crippen LogP contribution in [0, 0.1) is 0 Å². The SMILES string of the molecule is O=C(O)c1ccc(OC2CC2)c(OCCO)c1. The van der Waals surface area contributed by atoms with Gasteiger partial charge in [0.05, 0.1) is 18.3 Å². The van der Waals surface area contributed by atoms with Gasteiger partial charge in [-0.3, -0.25) is 0 Å². The second kappa shape index (κ2) is 5.05. The lowest BCUT2D eigenvalue weighted by Crippen LogP contribution is -2.06. The van der Waals surface area contributed by atoms with Crippen molar-refractivity contribution in [3.8, 4) is 11.5 Å². The maximum absolute atomic E-state index is 10.8. The number of hydrogen-bond acceptors (Lipinski definition) is 4. The molecule has 0 saturated heterocycles. The number of carboxylic acids is 1. The maximum atomic E-state index is 10.8. The third kappa shape index (κ3) is 3.10. The molecular formula is C12H14O5. The average Bonchev–Trinajstić information content (AvgIpc) is 3.11. The molecule has 1 aliphatic rings. The van der Waals surface area contributed by atoms with Gasteiger partial charge in [0.25, 0.3) is 0 Å². The van der Waals surface area contributed by atoms with E-state index in [2.05, 4.69) is 0 Å². The van der Waals surface area contributed by atoms with E-state index in [0.717, 1.165) is 12.8 Å². The monoisotopic (exact) mass is 238 g/mol. The lowest BCUT2D eigenvalue weighted by Gasteiger charge is -2.12. The molecule has 1 fully saturated rings. The van der Waals surface area contributed by atoms with Crippen molar-refractivity contribution in [2.24, 2.45) is 0 Å². The summed E-state index contributed by atoms with van der Waals surface area (Å²) in [5, 5.41) is 17.6. The molecule has 1 saturated carbocycles. The molecule has 0 spiro atoms. The quantitative estimate of drug-likeness (QED) is 0.781. The van der Waals surface area contributed by atoms with Gasteiger partial charge in [-0.25, -0.2) is 4.79 Å². The summed E-state index contributed by atoms with van der Waals surface area (Å²) in [4.78, 5) is 10.8. The van der Waals surface area contributed by atoms with Crippen molar-refractivity contribution >= 4 is 5.97 Å². The van der Waals surface area contributed by atoms with Crippen molar-refractivity contribution in [3.05, 3.63) is 23.8 Å². The number of hydrogen-bond donors (Lipinski definition) is 2. The molecule has 0 aromatic heterocycles. The Balaban J connectivity index is 2.19. The third-order valence-electron chi connectivity index (χ3n) is 2.36. The maximum Gasteiger partial charge on any atom is 0.335 e. The normalized spacial score (nSPS) is 14.4. The minimum Gasteiger partial charge on any atom is -0.487 e. The fraction of sp³-hybridized carbons (Fsp3) is 0.417. The predicted molar refractivity (Wildman–Crippen MR) is 59.6 cm³/mol. The highest BCUT2D eigenvalue weighted by Gasteiger charge is 2.25. The first-order valence-electron chi connectivity index (χ1n) is 5.48. The standard InChI is InChI=1S/C12H14O5/c13-5-6-16-11-7-8(12(14)15)1-4-10(11)17-9-2-3-9/h1,4,7,9,13H,2-3,5-6H2,(H,14,15). The van der Waals surface area contributed by atoms with E-state index in [9.17, 15) is 4.79 Å². The lowest BCUT2D eigenvalue weighted by molar-refractivity contribution is 0.0696. The highest BCUT2D eigenvalue weighted by Crippen LogP contribution is 2.34. The Morgan fingerprint density at radius 2 is 2.12 bits per heavy atom. The van der Waals surface area contributed by atoms with Crippen LogP contribution in [0.5, 0.6) is 11.5 Å². The topological polar surface area (TPSA) is 76.0 Å². The fourth-order valence-electron chi connectivity index (χ4n) is 1.37. The molecule has 0 heterocycles. The van der Waals surface area contributed by atoms with Gasteiger partial charge < -0.3 is 19.7 Å². The van der Waals surface area contributed by atoms with Gasteiger partial charge >= 0.3 is 5.97 Å². The van der Waals surface area contributed by atoms with E-state index < -0.39 is 5.97 Å². The van der Waals surface area contributed by atoms with Gasteiger partial charge in [-0.05, 0) is 31.0 Å². The third-order valence-corrected chi connectivity index (χ3v) is 2.36. The molecule has 5 heteroatoms. The summed E-state index contributed by atoms with van der Waals surface area (Å²) in [5.74, 6) is -0.117. The first-order chi connectivity index (χ1) is 8.20. The molecule has 0 aliphatic heterocycles. The molecule has 2 N–H and O–H groups in total. The van der Waals surface area contributed by atoms with Crippen LogP contribution in [-0.2, 0) is 0 Å². The van der Waals surface area contributed by atoms with E-state index in [1.807, 2.05) is 0 Å². The number of aliphatic hydroxyl groups is 1. The molecule has 5 nitrogen and oxygen atoms in total. The van der Waals surface area contributed by atoms with Gasteiger partial charge in [-0.15, -0.1) is 0 Å². The largest absolute Gasteiger partial charge is 0.487 e. The number of aromatic carboxylic acids is 1. The van der Waals surface area contributed by atoms with E-state index in [-0.39, 0.29) is 24.9 Å². The molecule has 2 rings (SSSR count). The molecule has 0 unspecified atom stereocenters. The number of carbonyl (C=O) groups is 1. The number of carboxylic acid groups (broad SMARTS) is 1. The molecule has 1 aliphatic carbocycles. The van der Waals surface area contributed by atoms with Crippen LogP contribution in [0.3, 0.4) is 0 Å². The zero-order valence-electron chi connectivity index (χ0n) is 9.26. The predicted octanol–water partition coefficient (Wildman–Crippen LogP) is 1.30. The first kappa shape index (κ1) is 11.7. The Bertz CT molecular complexity index is 411. The summed E-state index contributed by atoms with van der Waals surface area (Å²) in [7, 11) is 0. The van der Waals surface area contributed by atoms with Crippen LogP contribution in [0.1, 0.15) is 23.2 Å². The van der Waals surface area contributed by atoms with Gasteiger partial charge in [0.1, 0.15) is 6.61 Å².